The van der Waals surface area contributed by atoms with E-state index in [0.29, 0.717) is 29.7 Å². The molecule has 0 radical (unpaired) electrons. The van der Waals surface area contributed by atoms with Crippen molar-refractivity contribution in [2.45, 2.75) is 52.5 Å². The van der Waals surface area contributed by atoms with Crippen molar-refractivity contribution < 1.29 is 4.79 Å². The predicted octanol–water partition coefficient (Wildman–Crippen LogP) is 2.02. The normalized spacial score (nSPS) is 25.4. The third-order valence-electron chi connectivity index (χ3n) is 4.11. The average molecular weight is 238 g/mol. The monoisotopic (exact) mass is 238 g/mol. The van der Waals surface area contributed by atoms with E-state index in [1.54, 1.807) is 0 Å². The third kappa shape index (κ3) is 3.70. The molecule has 1 heterocycles. The Morgan fingerprint density at radius 1 is 1.29 bits per heavy atom. The first-order chi connectivity index (χ1) is 7.97. The van der Waals surface area contributed by atoms with Gasteiger partial charge in [-0.25, -0.2) is 0 Å². The number of carbonyl (C=O) groups is 1. The van der Waals surface area contributed by atoms with E-state index in [2.05, 4.69) is 31.0 Å². The SMILES string of the molecule is CC(C)(C)C1CCN(C(=O)CCNC2CC2)C1. The van der Waals surface area contributed by atoms with Gasteiger partial charge < -0.3 is 10.2 Å². The predicted molar refractivity (Wildman–Crippen MR) is 69.8 cm³/mol. The molecule has 98 valence electrons. The van der Waals surface area contributed by atoms with E-state index in [1.807, 2.05) is 0 Å². The number of nitrogens with zero attached hydrogens (tertiary/aromatic N) is 1. The van der Waals surface area contributed by atoms with Crippen LogP contribution in [-0.2, 0) is 4.79 Å². The Morgan fingerprint density at radius 2 is 2.00 bits per heavy atom. The molecule has 3 heteroatoms. The van der Waals surface area contributed by atoms with Gasteiger partial charge in [-0.1, -0.05) is 20.8 Å². The van der Waals surface area contributed by atoms with E-state index < -0.39 is 0 Å². The number of amides is 1. The number of nitrogens with one attached hydrogen (secondary N) is 1. The summed E-state index contributed by atoms with van der Waals surface area (Å²) in [6.07, 6.45) is 4.44. The number of likely N-dealkylation sites (tertiary alicyclic amines) is 1. The molecule has 3 nitrogen and oxygen atoms in total. The number of carbonyl (C=O) groups excluding carboxylic acids is 1. The second-order valence-corrected chi connectivity index (χ2v) is 6.67. The van der Waals surface area contributed by atoms with Crippen molar-refractivity contribution in [3.05, 3.63) is 0 Å². The number of rotatable bonds is 4. The first-order valence-corrected chi connectivity index (χ1v) is 6.98. The molecule has 1 N–H and O–H groups in total. The Morgan fingerprint density at radius 3 is 2.53 bits per heavy atom. The van der Waals surface area contributed by atoms with Crippen LogP contribution < -0.4 is 5.32 Å². The smallest absolute Gasteiger partial charge is 0.223 e. The zero-order valence-corrected chi connectivity index (χ0v) is 11.5. The Bertz CT molecular complexity index is 278. The van der Waals surface area contributed by atoms with Crippen molar-refractivity contribution >= 4 is 5.91 Å². The molecule has 1 atom stereocenters. The molecule has 2 rings (SSSR count). The van der Waals surface area contributed by atoms with E-state index in [-0.39, 0.29) is 0 Å². The molecule has 0 aromatic carbocycles. The summed E-state index contributed by atoms with van der Waals surface area (Å²) in [7, 11) is 0. The summed E-state index contributed by atoms with van der Waals surface area (Å²) in [6, 6.07) is 0.712. The van der Waals surface area contributed by atoms with Gasteiger partial charge in [-0.3, -0.25) is 4.79 Å². The van der Waals surface area contributed by atoms with E-state index in [0.717, 1.165) is 19.6 Å². The van der Waals surface area contributed by atoms with Crippen molar-refractivity contribution in [1.82, 2.24) is 10.2 Å². The largest absolute Gasteiger partial charge is 0.342 e. The minimum atomic E-state index is 0.335. The highest BCUT2D eigenvalue weighted by Gasteiger charge is 2.33. The molecule has 1 saturated heterocycles. The summed E-state index contributed by atoms with van der Waals surface area (Å²) in [6.45, 7) is 9.62. The lowest BCUT2D eigenvalue weighted by Crippen LogP contribution is -2.33. The highest BCUT2D eigenvalue weighted by molar-refractivity contribution is 5.76. The molecular formula is C14H26N2O. The van der Waals surface area contributed by atoms with Gasteiger partial charge >= 0.3 is 0 Å². The van der Waals surface area contributed by atoms with Crippen LogP contribution in [0.4, 0.5) is 0 Å². The maximum Gasteiger partial charge on any atom is 0.223 e. The standard InChI is InChI=1S/C14H26N2O/c1-14(2,3)11-7-9-16(10-11)13(17)6-8-15-12-4-5-12/h11-12,15H,4-10H2,1-3H3. The molecular weight excluding hydrogens is 212 g/mol. The molecule has 2 aliphatic rings. The van der Waals surface area contributed by atoms with Crippen molar-refractivity contribution in [3.8, 4) is 0 Å². The molecule has 1 saturated carbocycles. The lowest BCUT2D eigenvalue weighted by molar-refractivity contribution is -0.130. The molecule has 1 aliphatic heterocycles. The van der Waals surface area contributed by atoms with Gasteiger partial charge in [-0.2, -0.15) is 0 Å². The van der Waals surface area contributed by atoms with Crippen LogP contribution in [-0.4, -0.2) is 36.5 Å². The molecule has 1 aliphatic carbocycles. The maximum atomic E-state index is 12.0. The topological polar surface area (TPSA) is 32.3 Å². The highest BCUT2D eigenvalue weighted by Crippen LogP contribution is 2.33. The zero-order chi connectivity index (χ0) is 12.5. The Labute approximate surface area is 105 Å². The van der Waals surface area contributed by atoms with Crippen LogP contribution in [0.25, 0.3) is 0 Å². The van der Waals surface area contributed by atoms with Gasteiger partial charge in [0, 0.05) is 32.1 Å². The van der Waals surface area contributed by atoms with Crippen LogP contribution in [0, 0.1) is 11.3 Å². The minimum absolute atomic E-state index is 0.335. The Kier molecular flexibility index (Phi) is 3.76. The lowest BCUT2D eigenvalue weighted by atomic mass is 9.80. The molecule has 1 amide bonds. The second-order valence-electron chi connectivity index (χ2n) is 6.67. The molecule has 2 fully saturated rings. The summed E-state index contributed by atoms with van der Waals surface area (Å²) < 4.78 is 0. The average Bonchev–Trinajstić information content (AvgIpc) is 2.91. The summed E-state index contributed by atoms with van der Waals surface area (Å²) in [4.78, 5) is 14.1. The minimum Gasteiger partial charge on any atom is -0.342 e. The van der Waals surface area contributed by atoms with E-state index in [9.17, 15) is 4.79 Å². The Balaban J connectivity index is 1.69. The number of hydrogen-bond donors (Lipinski definition) is 1. The van der Waals surface area contributed by atoms with Crippen LogP contribution >= 0.6 is 0 Å². The zero-order valence-electron chi connectivity index (χ0n) is 11.5. The van der Waals surface area contributed by atoms with Gasteiger partial charge in [0.1, 0.15) is 0 Å². The first-order valence-electron chi connectivity index (χ1n) is 6.98. The van der Waals surface area contributed by atoms with Gasteiger partial charge in [0.25, 0.3) is 0 Å². The molecule has 17 heavy (non-hydrogen) atoms. The van der Waals surface area contributed by atoms with Crippen molar-refractivity contribution in [2.75, 3.05) is 19.6 Å². The van der Waals surface area contributed by atoms with Gasteiger partial charge in [0.05, 0.1) is 0 Å². The van der Waals surface area contributed by atoms with Crippen LogP contribution in [0.2, 0.25) is 0 Å². The fraction of sp³-hybridized carbons (Fsp3) is 0.929. The van der Waals surface area contributed by atoms with E-state index in [4.69, 9.17) is 0 Å². The highest BCUT2D eigenvalue weighted by atomic mass is 16.2. The van der Waals surface area contributed by atoms with Gasteiger partial charge in [0.2, 0.25) is 5.91 Å². The van der Waals surface area contributed by atoms with Crippen LogP contribution in [0.1, 0.15) is 46.5 Å². The van der Waals surface area contributed by atoms with Crippen LogP contribution in [0.3, 0.4) is 0 Å². The summed E-state index contributed by atoms with van der Waals surface area (Å²) >= 11 is 0. The van der Waals surface area contributed by atoms with Crippen molar-refractivity contribution in [1.29, 1.82) is 0 Å². The maximum absolute atomic E-state index is 12.0. The summed E-state index contributed by atoms with van der Waals surface area (Å²) in [5.74, 6) is 1.01. The Hall–Kier alpha value is -0.570. The van der Waals surface area contributed by atoms with Crippen LogP contribution in [0.15, 0.2) is 0 Å². The summed E-state index contributed by atoms with van der Waals surface area (Å²) in [5, 5.41) is 3.40. The first kappa shape index (κ1) is 12.9. The lowest BCUT2D eigenvalue weighted by Gasteiger charge is -2.27. The van der Waals surface area contributed by atoms with Crippen molar-refractivity contribution in [2.24, 2.45) is 11.3 Å². The quantitative estimate of drug-likeness (QED) is 0.812. The van der Waals surface area contributed by atoms with Gasteiger partial charge in [0.15, 0.2) is 0 Å². The molecule has 0 aromatic rings. The van der Waals surface area contributed by atoms with Gasteiger partial charge in [-0.15, -0.1) is 0 Å². The third-order valence-corrected chi connectivity index (χ3v) is 4.11. The second kappa shape index (κ2) is 4.97. The molecule has 0 aromatic heterocycles. The van der Waals surface area contributed by atoms with E-state index >= 15 is 0 Å². The molecule has 0 bridgehead atoms. The number of hydrogen-bond acceptors (Lipinski definition) is 2. The van der Waals surface area contributed by atoms with Crippen molar-refractivity contribution in [3.63, 3.8) is 0 Å². The fourth-order valence-electron chi connectivity index (χ4n) is 2.52. The molecule has 1 unspecified atom stereocenters. The van der Waals surface area contributed by atoms with Crippen LogP contribution in [0.5, 0.6) is 0 Å². The fourth-order valence-corrected chi connectivity index (χ4v) is 2.52. The summed E-state index contributed by atoms with van der Waals surface area (Å²) in [5.41, 5.74) is 0.335. The van der Waals surface area contributed by atoms with E-state index in [1.165, 1.54) is 19.3 Å². The van der Waals surface area contributed by atoms with Gasteiger partial charge in [-0.05, 0) is 30.6 Å². The molecule has 0 spiro atoms.